The van der Waals surface area contributed by atoms with Crippen LogP contribution in [0, 0.1) is 0 Å². The average Bonchev–Trinajstić information content (AvgIpc) is 2.50. The second-order valence-electron chi connectivity index (χ2n) is 7.11. The number of hydrogen-bond donors (Lipinski definition) is 0. The Morgan fingerprint density at radius 3 is 2.43 bits per heavy atom. The van der Waals surface area contributed by atoms with E-state index in [4.69, 9.17) is 4.74 Å². The van der Waals surface area contributed by atoms with Gasteiger partial charge >= 0.3 is 6.09 Å². The smallest absolute Gasteiger partial charge is 0.410 e. The van der Waals surface area contributed by atoms with Gasteiger partial charge in [-0.15, -0.1) is 0 Å². The van der Waals surface area contributed by atoms with Gasteiger partial charge < -0.3 is 14.5 Å². The van der Waals surface area contributed by atoms with Gasteiger partial charge in [0.05, 0.1) is 0 Å². The van der Waals surface area contributed by atoms with E-state index >= 15 is 0 Å². The maximum atomic E-state index is 12.3. The van der Waals surface area contributed by atoms with Crippen molar-refractivity contribution in [2.45, 2.75) is 77.5 Å². The second-order valence-corrected chi connectivity index (χ2v) is 7.11. The molecule has 0 aromatic carbocycles. The van der Waals surface area contributed by atoms with Crippen molar-refractivity contribution >= 4 is 12.0 Å². The van der Waals surface area contributed by atoms with Crippen LogP contribution in [0.15, 0.2) is 0 Å². The first-order chi connectivity index (χ1) is 9.81. The first-order valence-electron chi connectivity index (χ1n) is 8.11. The number of ether oxygens (including phenoxy) is 1. The van der Waals surface area contributed by atoms with Crippen LogP contribution in [0.5, 0.6) is 0 Å². The average molecular weight is 296 g/mol. The van der Waals surface area contributed by atoms with Crippen LogP contribution in [0.4, 0.5) is 4.79 Å². The summed E-state index contributed by atoms with van der Waals surface area (Å²) in [5, 5.41) is 0. The van der Waals surface area contributed by atoms with E-state index in [1.54, 1.807) is 4.90 Å². The molecule has 5 heteroatoms. The molecule has 2 aliphatic rings. The van der Waals surface area contributed by atoms with Gasteiger partial charge in [-0.05, 0) is 46.5 Å². The predicted molar refractivity (Wildman–Crippen MR) is 81.0 cm³/mol. The maximum absolute atomic E-state index is 12.3. The molecule has 21 heavy (non-hydrogen) atoms. The summed E-state index contributed by atoms with van der Waals surface area (Å²) in [5.74, 6) is 0.218. The zero-order valence-electron chi connectivity index (χ0n) is 13.7. The normalized spacial score (nSPS) is 26.3. The van der Waals surface area contributed by atoms with E-state index in [9.17, 15) is 9.59 Å². The largest absolute Gasteiger partial charge is 0.444 e. The van der Waals surface area contributed by atoms with Crippen molar-refractivity contribution in [3.05, 3.63) is 0 Å². The molecule has 0 spiro atoms. The number of amides is 2. The van der Waals surface area contributed by atoms with Crippen LogP contribution < -0.4 is 0 Å². The zero-order valence-corrected chi connectivity index (χ0v) is 13.7. The molecule has 0 aliphatic carbocycles. The number of nitrogens with zero attached hydrogens (tertiary/aromatic N) is 2. The lowest BCUT2D eigenvalue weighted by atomic mass is 9.94. The zero-order chi connectivity index (χ0) is 15.6. The fourth-order valence-corrected chi connectivity index (χ4v) is 3.36. The van der Waals surface area contributed by atoms with Gasteiger partial charge in [0.2, 0.25) is 5.91 Å². The molecule has 2 aliphatic heterocycles. The Hall–Kier alpha value is -1.26. The summed E-state index contributed by atoms with van der Waals surface area (Å²) in [4.78, 5) is 28.4. The quantitative estimate of drug-likeness (QED) is 0.747. The Bertz CT molecular complexity index is 403. The number of piperidine rings is 1. The van der Waals surface area contributed by atoms with Crippen molar-refractivity contribution < 1.29 is 14.3 Å². The molecule has 0 saturated carbocycles. The monoisotopic (exact) mass is 296 g/mol. The summed E-state index contributed by atoms with van der Waals surface area (Å²) in [6.07, 6.45) is 4.34. The van der Waals surface area contributed by atoms with Gasteiger partial charge in [-0.3, -0.25) is 4.79 Å². The highest BCUT2D eigenvalue weighted by atomic mass is 16.6. The van der Waals surface area contributed by atoms with Crippen LogP contribution in [-0.2, 0) is 9.53 Å². The Balaban J connectivity index is 2.10. The minimum atomic E-state index is -0.475. The van der Waals surface area contributed by atoms with Gasteiger partial charge in [-0.1, -0.05) is 6.92 Å². The van der Waals surface area contributed by atoms with E-state index in [0.29, 0.717) is 25.6 Å². The topological polar surface area (TPSA) is 49.9 Å². The minimum absolute atomic E-state index is 0.159. The number of carbonyl (C=O) groups excluding carboxylic acids is 2. The molecule has 120 valence electrons. The molecule has 0 aromatic rings. The lowest BCUT2D eigenvalue weighted by Crippen LogP contribution is -2.51. The van der Waals surface area contributed by atoms with Gasteiger partial charge in [0.15, 0.2) is 0 Å². The third kappa shape index (κ3) is 3.89. The Morgan fingerprint density at radius 1 is 1.14 bits per heavy atom. The number of fused-ring (bicyclic) bond motifs is 2. The molecule has 0 aromatic heterocycles. The van der Waals surface area contributed by atoms with E-state index in [1.807, 2.05) is 32.6 Å². The summed E-state index contributed by atoms with van der Waals surface area (Å²) in [6, 6.07) is 0.454. The number of carbonyl (C=O) groups is 2. The highest BCUT2D eigenvalue weighted by molar-refractivity contribution is 5.77. The van der Waals surface area contributed by atoms with Crippen molar-refractivity contribution in [2.75, 3.05) is 13.1 Å². The molecule has 2 atom stereocenters. The fourth-order valence-electron chi connectivity index (χ4n) is 3.36. The summed E-state index contributed by atoms with van der Waals surface area (Å²) >= 11 is 0. The second kappa shape index (κ2) is 6.24. The third-order valence-corrected chi connectivity index (χ3v) is 4.27. The van der Waals surface area contributed by atoms with E-state index in [-0.39, 0.29) is 18.0 Å². The fraction of sp³-hybridized carbons (Fsp3) is 0.875. The van der Waals surface area contributed by atoms with Crippen LogP contribution >= 0.6 is 0 Å². The number of rotatable bonds is 1. The highest BCUT2D eigenvalue weighted by Crippen LogP contribution is 2.30. The summed E-state index contributed by atoms with van der Waals surface area (Å²) in [7, 11) is 0. The standard InChI is InChI=1S/C16H28N2O3/c1-5-14(19)18-12-7-6-8-13(18)11-17(10-9-12)15(20)21-16(2,3)4/h12-13H,5-11H2,1-4H3. The molecule has 2 unspecified atom stereocenters. The molecule has 0 N–H and O–H groups in total. The minimum Gasteiger partial charge on any atom is -0.444 e. The van der Waals surface area contributed by atoms with E-state index in [0.717, 1.165) is 25.7 Å². The van der Waals surface area contributed by atoms with Crippen molar-refractivity contribution in [1.82, 2.24) is 9.80 Å². The molecule has 0 radical (unpaired) electrons. The van der Waals surface area contributed by atoms with Crippen LogP contribution in [0.2, 0.25) is 0 Å². The van der Waals surface area contributed by atoms with Crippen LogP contribution in [0.3, 0.4) is 0 Å². The van der Waals surface area contributed by atoms with Gasteiger partial charge in [0.1, 0.15) is 5.60 Å². The van der Waals surface area contributed by atoms with E-state index < -0.39 is 5.60 Å². The van der Waals surface area contributed by atoms with Crippen LogP contribution in [-0.4, -0.2) is 52.6 Å². The molecule has 5 nitrogen and oxygen atoms in total. The molecule has 2 fully saturated rings. The Kier molecular flexibility index (Phi) is 4.79. The molecular formula is C16H28N2O3. The van der Waals surface area contributed by atoms with Crippen LogP contribution in [0.1, 0.15) is 59.8 Å². The lowest BCUT2D eigenvalue weighted by Gasteiger charge is -2.40. The Labute approximate surface area is 127 Å². The van der Waals surface area contributed by atoms with Crippen molar-refractivity contribution in [3.8, 4) is 0 Å². The Morgan fingerprint density at radius 2 is 1.81 bits per heavy atom. The molecule has 2 rings (SSSR count). The van der Waals surface area contributed by atoms with Gasteiger partial charge in [0.25, 0.3) is 0 Å². The molecular weight excluding hydrogens is 268 g/mol. The van der Waals surface area contributed by atoms with Gasteiger partial charge in [-0.25, -0.2) is 4.79 Å². The summed E-state index contributed by atoms with van der Waals surface area (Å²) in [5.41, 5.74) is -0.475. The van der Waals surface area contributed by atoms with Gasteiger partial charge in [0, 0.05) is 31.6 Å². The maximum Gasteiger partial charge on any atom is 0.410 e. The summed E-state index contributed by atoms with van der Waals surface area (Å²) in [6.45, 7) is 8.85. The van der Waals surface area contributed by atoms with Crippen LogP contribution in [0.25, 0.3) is 0 Å². The summed E-state index contributed by atoms with van der Waals surface area (Å²) < 4.78 is 5.49. The first-order valence-corrected chi connectivity index (χ1v) is 8.11. The molecule has 2 heterocycles. The predicted octanol–water partition coefficient (Wildman–Crippen LogP) is 2.79. The molecule has 2 saturated heterocycles. The van der Waals surface area contributed by atoms with Crippen molar-refractivity contribution in [3.63, 3.8) is 0 Å². The van der Waals surface area contributed by atoms with Gasteiger partial charge in [-0.2, -0.15) is 0 Å². The van der Waals surface area contributed by atoms with E-state index in [2.05, 4.69) is 0 Å². The first kappa shape index (κ1) is 16.1. The lowest BCUT2D eigenvalue weighted by molar-refractivity contribution is -0.137. The van der Waals surface area contributed by atoms with Crippen molar-refractivity contribution in [1.29, 1.82) is 0 Å². The number of hydrogen-bond acceptors (Lipinski definition) is 3. The SMILES string of the molecule is CCC(=O)N1C2CCCC1CN(C(=O)OC(C)(C)C)CC2. The highest BCUT2D eigenvalue weighted by Gasteiger charge is 2.38. The molecule has 2 amide bonds. The van der Waals surface area contributed by atoms with Crippen molar-refractivity contribution in [2.24, 2.45) is 0 Å². The molecule has 2 bridgehead atoms. The third-order valence-electron chi connectivity index (χ3n) is 4.27. The van der Waals surface area contributed by atoms with E-state index in [1.165, 1.54) is 0 Å².